The predicted octanol–water partition coefficient (Wildman–Crippen LogP) is 5.08. The summed E-state index contributed by atoms with van der Waals surface area (Å²) in [4.78, 5) is 30.7. The first-order valence-corrected chi connectivity index (χ1v) is 13.8. The van der Waals surface area contributed by atoms with Gasteiger partial charge >= 0.3 is 5.97 Å². The molecule has 4 rings (SSSR count). The zero-order chi connectivity index (χ0) is 26.6. The number of benzene rings is 1. The highest BCUT2D eigenvalue weighted by atomic mass is 16.7. The van der Waals surface area contributed by atoms with Gasteiger partial charge in [0.2, 0.25) is 12.7 Å². The molecule has 0 aromatic heterocycles. The van der Waals surface area contributed by atoms with Gasteiger partial charge in [0.1, 0.15) is 0 Å². The number of likely N-dealkylation sites (tertiary alicyclic amines) is 1. The average Bonchev–Trinajstić information content (AvgIpc) is 3.48. The van der Waals surface area contributed by atoms with Crippen LogP contribution in [0.25, 0.3) is 0 Å². The highest BCUT2D eigenvalue weighted by Crippen LogP contribution is 2.48. The van der Waals surface area contributed by atoms with E-state index in [2.05, 4.69) is 44.7 Å². The summed E-state index contributed by atoms with van der Waals surface area (Å²) >= 11 is 0. The molecule has 1 aromatic rings. The Kier molecular flexibility index (Phi) is 8.63. The summed E-state index contributed by atoms with van der Waals surface area (Å²) in [6.45, 7) is 11.0. The number of nitrogens with zero attached hydrogens (tertiary/aromatic N) is 2. The van der Waals surface area contributed by atoms with Gasteiger partial charge in [0.25, 0.3) is 0 Å². The highest BCUT2D eigenvalue weighted by molar-refractivity contribution is 5.79. The lowest BCUT2D eigenvalue weighted by molar-refractivity contribution is -0.144. The molecule has 1 N–H and O–H groups in total. The van der Waals surface area contributed by atoms with Crippen molar-refractivity contribution in [1.82, 2.24) is 9.80 Å². The van der Waals surface area contributed by atoms with Crippen LogP contribution < -0.4 is 9.47 Å². The van der Waals surface area contributed by atoms with Crippen LogP contribution in [0.1, 0.15) is 64.9 Å². The molecule has 4 atom stereocenters. The third-order valence-corrected chi connectivity index (χ3v) is 8.20. The predicted molar refractivity (Wildman–Crippen MR) is 144 cm³/mol. The molecule has 0 bridgehead atoms. The van der Waals surface area contributed by atoms with Crippen molar-refractivity contribution in [2.45, 2.75) is 65.3 Å². The number of hydrogen-bond acceptors (Lipinski definition) is 5. The minimum atomic E-state index is -0.824. The summed E-state index contributed by atoms with van der Waals surface area (Å²) in [6, 6.07) is 5.42. The van der Waals surface area contributed by atoms with Gasteiger partial charge in [0.05, 0.1) is 12.5 Å². The van der Waals surface area contributed by atoms with E-state index >= 15 is 0 Å². The molecule has 37 heavy (non-hydrogen) atoms. The fourth-order valence-electron chi connectivity index (χ4n) is 6.08. The third-order valence-electron chi connectivity index (χ3n) is 8.20. The Morgan fingerprint density at radius 1 is 1.08 bits per heavy atom. The molecule has 1 amide bonds. The van der Waals surface area contributed by atoms with E-state index in [1.165, 1.54) is 0 Å². The van der Waals surface area contributed by atoms with Gasteiger partial charge in [-0.1, -0.05) is 70.9 Å². The first-order valence-electron chi connectivity index (χ1n) is 13.8. The second kappa shape index (κ2) is 11.7. The van der Waals surface area contributed by atoms with Gasteiger partial charge in [-0.25, -0.2) is 0 Å². The molecule has 1 aromatic carbocycles. The van der Waals surface area contributed by atoms with Crippen molar-refractivity contribution in [3.8, 4) is 11.5 Å². The first kappa shape index (κ1) is 27.2. The van der Waals surface area contributed by atoms with E-state index in [1.807, 2.05) is 35.3 Å². The van der Waals surface area contributed by atoms with E-state index in [1.54, 1.807) is 0 Å². The summed E-state index contributed by atoms with van der Waals surface area (Å²) in [7, 11) is 0. The minimum Gasteiger partial charge on any atom is -0.481 e. The molecular formula is C30H42N2O5. The minimum absolute atomic E-state index is 0.0369. The number of allylic oxidation sites excluding steroid dienone is 3. The molecule has 1 aliphatic carbocycles. The molecule has 0 spiro atoms. The molecule has 1 saturated heterocycles. The molecule has 0 radical (unpaired) electrons. The van der Waals surface area contributed by atoms with Crippen molar-refractivity contribution in [3.63, 3.8) is 0 Å². The fourth-order valence-corrected chi connectivity index (χ4v) is 6.08. The molecule has 3 aliphatic rings. The van der Waals surface area contributed by atoms with Crippen LogP contribution in [0.15, 0.2) is 42.5 Å². The fraction of sp³-hybridized carbons (Fsp3) is 0.600. The van der Waals surface area contributed by atoms with Gasteiger partial charge in [-0.2, -0.15) is 0 Å². The van der Waals surface area contributed by atoms with Gasteiger partial charge in [0.15, 0.2) is 11.5 Å². The number of rotatable bonds is 11. The van der Waals surface area contributed by atoms with Crippen LogP contribution in [0.5, 0.6) is 11.5 Å². The van der Waals surface area contributed by atoms with Gasteiger partial charge in [-0.05, 0) is 36.0 Å². The van der Waals surface area contributed by atoms with E-state index in [4.69, 9.17) is 9.47 Å². The van der Waals surface area contributed by atoms with Crippen LogP contribution in [-0.4, -0.2) is 65.8 Å². The SMILES string of the molecule is CCCCN(CCCC)C(=O)CN1CC(c2ccc3c(c2)OCO3)C(C(=O)O)C1C1C=CC=CC1(C)C. The number of carbonyl (C=O) groups is 2. The van der Waals surface area contributed by atoms with Crippen molar-refractivity contribution in [2.24, 2.45) is 17.3 Å². The van der Waals surface area contributed by atoms with Gasteiger partial charge < -0.3 is 19.5 Å². The largest absolute Gasteiger partial charge is 0.481 e. The quantitative estimate of drug-likeness (QED) is 0.447. The molecule has 1 fully saturated rings. The first-order chi connectivity index (χ1) is 17.8. The Morgan fingerprint density at radius 2 is 1.78 bits per heavy atom. The van der Waals surface area contributed by atoms with Gasteiger partial charge in [0, 0.05) is 37.5 Å². The molecule has 2 aliphatic heterocycles. The summed E-state index contributed by atoms with van der Waals surface area (Å²) in [5.41, 5.74) is 0.682. The zero-order valence-corrected chi connectivity index (χ0v) is 22.7. The lowest BCUT2D eigenvalue weighted by Crippen LogP contribution is -2.50. The van der Waals surface area contributed by atoms with Crippen LogP contribution in [0.3, 0.4) is 0 Å². The number of hydrogen-bond donors (Lipinski definition) is 1. The van der Waals surface area contributed by atoms with Crippen molar-refractivity contribution in [1.29, 1.82) is 0 Å². The van der Waals surface area contributed by atoms with E-state index in [0.29, 0.717) is 18.0 Å². The molecule has 0 saturated carbocycles. The number of fused-ring (bicyclic) bond motifs is 1. The summed E-state index contributed by atoms with van der Waals surface area (Å²) < 4.78 is 11.1. The number of carboxylic acids is 1. The molecule has 4 unspecified atom stereocenters. The number of carbonyl (C=O) groups excluding carboxylic acids is 1. The number of amides is 1. The molecular weight excluding hydrogens is 468 g/mol. The Balaban J connectivity index is 1.68. The highest BCUT2D eigenvalue weighted by Gasteiger charge is 2.52. The maximum atomic E-state index is 13.6. The van der Waals surface area contributed by atoms with Crippen LogP contribution in [0.4, 0.5) is 0 Å². The smallest absolute Gasteiger partial charge is 0.308 e. The molecule has 2 heterocycles. The summed E-state index contributed by atoms with van der Waals surface area (Å²) in [5, 5.41) is 10.6. The average molecular weight is 511 g/mol. The Morgan fingerprint density at radius 3 is 2.43 bits per heavy atom. The molecule has 7 heteroatoms. The maximum absolute atomic E-state index is 13.6. The van der Waals surface area contributed by atoms with Gasteiger partial charge in [-0.15, -0.1) is 0 Å². The van der Waals surface area contributed by atoms with E-state index in [0.717, 1.165) is 44.3 Å². The monoisotopic (exact) mass is 510 g/mol. The lowest BCUT2D eigenvalue weighted by atomic mass is 9.68. The molecule has 202 valence electrons. The standard InChI is InChI=1S/C30H42N2O5/c1-5-7-15-31(16-8-6-2)26(33)19-32-18-22(21-12-13-24-25(17-21)37-20-36-24)27(29(34)35)28(32)23-11-9-10-14-30(23,3)4/h9-14,17,22-23,27-28H,5-8,15-16,18-20H2,1-4H3,(H,34,35). The number of aliphatic carboxylic acids is 1. The van der Waals surface area contributed by atoms with Crippen LogP contribution in [0, 0.1) is 17.3 Å². The van der Waals surface area contributed by atoms with Crippen molar-refractivity contribution in [2.75, 3.05) is 33.0 Å². The zero-order valence-electron chi connectivity index (χ0n) is 22.7. The van der Waals surface area contributed by atoms with Crippen LogP contribution in [-0.2, 0) is 9.59 Å². The maximum Gasteiger partial charge on any atom is 0.308 e. The summed E-state index contributed by atoms with van der Waals surface area (Å²) in [6.07, 6.45) is 12.3. The van der Waals surface area contributed by atoms with Gasteiger partial charge in [-0.3, -0.25) is 14.5 Å². The van der Waals surface area contributed by atoms with Crippen molar-refractivity contribution in [3.05, 3.63) is 48.1 Å². The van der Waals surface area contributed by atoms with Crippen LogP contribution >= 0.6 is 0 Å². The van der Waals surface area contributed by atoms with Crippen LogP contribution in [0.2, 0.25) is 0 Å². The van der Waals surface area contributed by atoms with E-state index in [-0.39, 0.29) is 42.5 Å². The second-order valence-corrected chi connectivity index (χ2v) is 11.2. The second-order valence-electron chi connectivity index (χ2n) is 11.2. The summed E-state index contributed by atoms with van der Waals surface area (Å²) in [5.74, 6) is -0.358. The Bertz CT molecular complexity index is 1020. The van der Waals surface area contributed by atoms with E-state index < -0.39 is 11.9 Å². The number of unbranched alkanes of at least 4 members (excludes halogenated alkanes) is 2. The van der Waals surface area contributed by atoms with Crippen molar-refractivity contribution >= 4 is 11.9 Å². The lowest BCUT2D eigenvalue weighted by Gasteiger charge is -2.41. The molecule has 7 nitrogen and oxygen atoms in total. The topological polar surface area (TPSA) is 79.3 Å². The third kappa shape index (κ3) is 5.87. The number of ether oxygens (including phenoxy) is 2. The number of carboxylic acid groups (broad SMARTS) is 1. The van der Waals surface area contributed by atoms with E-state index in [9.17, 15) is 14.7 Å². The van der Waals surface area contributed by atoms with Crippen molar-refractivity contribution < 1.29 is 24.2 Å². The Labute approximate surface area is 221 Å². The normalized spacial score (nSPS) is 25.9. The Hall–Kier alpha value is -2.80.